The van der Waals surface area contributed by atoms with Gasteiger partial charge in [0.15, 0.2) is 0 Å². The summed E-state index contributed by atoms with van der Waals surface area (Å²) in [4.78, 5) is 11.2. The first kappa shape index (κ1) is 16.0. The summed E-state index contributed by atoms with van der Waals surface area (Å²) in [6, 6.07) is 14.9. The highest BCUT2D eigenvalue weighted by molar-refractivity contribution is 5.83. The zero-order valence-electron chi connectivity index (χ0n) is 13.6. The second kappa shape index (κ2) is 7.06. The minimum atomic E-state index is -0.0568. The molecule has 0 aliphatic heterocycles. The van der Waals surface area contributed by atoms with Gasteiger partial charge in [-0.15, -0.1) is 0 Å². The molecule has 0 bridgehead atoms. The molecule has 2 nitrogen and oxygen atoms in total. The molecule has 0 amide bonds. The second-order valence-electron chi connectivity index (χ2n) is 6.25. The maximum Gasteiger partial charge on any atom is 0.123 e. The van der Waals surface area contributed by atoms with E-state index in [0.29, 0.717) is 6.61 Å². The van der Waals surface area contributed by atoms with Crippen molar-refractivity contribution >= 4 is 10.8 Å². The molecule has 1 unspecified atom stereocenters. The van der Waals surface area contributed by atoms with Crippen molar-refractivity contribution in [3.8, 4) is 0 Å². The summed E-state index contributed by atoms with van der Waals surface area (Å²) in [6.45, 7) is 9.35. The summed E-state index contributed by atoms with van der Waals surface area (Å²) in [7, 11) is 0. The average molecular weight is 286 g/mol. The summed E-state index contributed by atoms with van der Waals surface area (Å²) in [5.74, 6) is 0. The highest BCUT2D eigenvalue weighted by Gasteiger charge is 2.31. The van der Waals surface area contributed by atoms with Crippen molar-refractivity contribution in [2.75, 3.05) is 6.61 Å². The highest BCUT2D eigenvalue weighted by Crippen LogP contribution is 2.40. The SMILES string of the molecule is CCCOOC(c1ccc2ccccc2c1)C(C)(C)CC. The third-order valence-corrected chi connectivity index (χ3v) is 4.15. The summed E-state index contributed by atoms with van der Waals surface area (Å²) in [6.07, 6.45) is 1.93. The molecule has 2 rings (SSSR count). The van der Waals surface area contributed by atoms with Crippen molar-refractivity contribution < 1.29 is 9.78 Å². The molecular weight excluding hydrogens is 260 g/mol. The van der Waals surface area contributed by atoms with Crippen molar-refractivity contribution in [3.63, 3.8) is 0 Å². The molecule has 0 spiro atoms. The van der Waals surface area contributed by atoms with Crippen LogP contribution in [0.1, 0.15) is 52.2 Å². The standard InChI is InChI=1S/C19H26O2/c1-5-13-20-21-18(19(3,4)6-2)17-12-11-15-9-7-8-10-16(15)14-17/h7-12,14,18H,5-6,13H2,1-4H3. The van der Waals surface area contributed by atoms with Crippen LogP contribution in [0.2, 0.25) is 0 Å². The van der Waals surface area contributed by atoms with Gasteiger partial charge in [0, 0.05) is 0 Å². The van der Waals surface area contributed by atoms with Crippen LogP contribution in [-0.2, 0) is 9.78 Å². The molecule has 2 aromatic rings. The van der Waals surface area contributed by atoms with Gasteiger partial charge in [0.05, 0.1) is 6.61 Å². The lowest BCUT2D eigenvalue weighted by Crippen LogP contribution is -2.24. The number of benzene rings is 2. The monoisotopic (exact) mass is 286 g/mol. The van der Waals surface area contributed by atoms with Gasteiger partial charge in [-0.1, -0.05) is 64.1 Å². The second-order valence-corrected chi connectivity index (χ2v) is 6.25. The quantitative estimate of drug-likeness (QED) is 0.370. The van der Waals surface area contributed by atoms with E-state index in [1.165, 1.54) is 16.3 Å². The largest absolute Gasteiger partial charge is 0.236 e. The summed E-state index contributed by atoms with van der Waals surface area (Å²) in [5, 5.41) is 2.50. The molecule has 0 aliphatic rings. The fourth-order valence-electron chi connectivity index (χ4n) is 2.39. The summed E-state index contributed by atoms with van der Waals surface area (Å²) < 4.78 is 0. The van der Waals surface area contributed by atoms with Gasteiger partial charge in [0.25, 0.3) is 0 Å². The lowest BCUT2D eigenvalue weighted by molar-refractivity contribution is -0.346. The number of hydrogen-bond acceptors (Lipinski definition) is 2. The van der Waals surface area contributed by atoms with Crippen molar-refractivity contribution in [1.82, 2.24) is 0 Å². The van der Waals surface area contributed by atoms with Crippen LogP contribution in [-0.4, -0.2) is 6.61 Å². The maximum absolute atomic E-state index is 5.77. The molecule has 2 heteroatoms. The molecule has 0 aromatic heterocycles. The van der Waals surface area contributed by atoms with Gasteiger partial charge in [-0.05, 0) is 40.7 Å². The van der Waals surface area contributed by atoms with E-state index in [2.05, 4.69) is 70.2 Å². The molecule has 0 radical (unpaired) electrons. The minimum absolute atomic E-state index is 0.0240. The van der Waals surface area contributed by atoms with E-state index >= 15 is 0 Å². The minimum Gasteiger partial charge on any atom is -0.236 e. The Kier molecular flexibility index (Phi) is 5.38. The van der Waals surface area contributed by atoms with Crippen molar-refractivity contribution in [1.29, 1.82) is 0 Å². The molecule has 21 heavy (non-hydrogen) atoms. The first-order valence-corrected chi connectivity index (χ1v) is 7.85. The average Bonchev–Trinajstić information content (AvgIpc) is 2.51. The maximum atomic E-state index is 5.77. The van der Waals surface area contributed by atoms with Crippen LogP contribution < -0.4 is 0 Å². The third-order valence-electron chi connectivity index (χ3n) is 4.15. The van der Waals surface area contributed by atoms with E-state index in [1.54, 1.807) is 0 Å². The van der Waals surface area contributed by atoms with Gasteiger partial charge in [-0.2, -0.15) is 0 Å². The van der Waals surface area contributed by atoms with Gasteiger partial charge < -0.3 is 0 Å². The Morgan fingerprint density at radius 2 is 1.71 bits per heavy atom. The molecule has 114 valence electrons. The molecule has 0 heterocycles. The van der Waals surface area contributed by atoms with Crippen LogP contribution in [0.5, 0.6) is 0 Å². The number of fused-ring (bicyclic) bond motifs is 1. The van der Waals surface area contributed by atoms with Crippen molar-refractivity contribution in [3.05, 3.63) is 48.0 Å². The number of hydrogen-bond donors (Lipinski definition) is 0. The lowest BCUT2D eigenvalue weighted by atomic mass is 9.80. The molecule has 0 aliphatic carbocycles. The van der Waals surface area contributed by atoms with Gasteiger partial charge >= 0.3 is 0 Å². The lowest BCUT2D eigenvalue weighted by Gasteiger charge is -2.32. The fourth-order valence-corrected chi connectivity index (χ4v) is 2.39. The normalized spacial score (nSPS) is 13.5. The number of rotatable bonds is 7. The first-order chi connectivity index (χ1) is 10.1. The molecular formula is C19H26O2. The Bertz CT molecular complexity index is 575. The van der Waals surface area contributed by atoms with E-state index in [-0.39, 0.29) is 11.5 Å². The highest BCUT2D eigenvalue weighted by atomic mass is 17.2. The first-order valence-electron chi connectivity index (χ1n) is 7.85. The van der Waals surface area contributed by atoms with Gasteiger partial charge in [-0.25, -0.2) is 9.78 Å². The molecule has 0 N–H and O–H groups in total. The van der Waals surface area contributed by atoms with Gasteiger partial charge in [-0.3, -0.25) is 0 Å². The molecule has 0 saturated heterocycles. The fraction of sp³-hybridized carbons (Fsp3) is 0.474. The summed E-state index contributed by atoms with van der Waals surface area (Å²) in [5.41, 5.74) is 1.20. The van der Waals surface area contributed by atoms with E-state index in [4.69, 9.17) is 9.78 Å². The van der Waals surface area contributed by atoms with Crippen molar-refractivity contribution in [2.45, 2.75) is 46.6 Å². The van der Waals surface area contributed by atoms with Crippen LogP contribution in [0, 0.1) is 5.41 Å². The topological polar surface area (TPSA) is 18.5 Å². The van der Waals surface area contributed by atoms with Crippen LogP contribution >= 0.6 is 0 Å². The Hall–Kier alpha value is -1.38. The van der Waals surface area contributed by atoms with E-state index in [9.17, 15) is 0 Å². The third kappa shape index (κ3) is 3.84. The Balaban J connectivity index is 2.32. The van der Waals surface area contributed by atoms with E-state index < -0.39 is 0 Å². The predicted molar refractivity (Wildman–Crippen MR) is 88.1 cm³/mol. The van der Waals surface area contributed by atoms with Crippen LogP contribution in [0.15, 0.2) is 42.5 Å². The summed E-state index contributed by atoms with van der Waals surface area (Å²) >= 11 is 0. The van der Waals surface area contributed by atoms with Crippen LogP contribution in [0.25, 0.3) is 10.8 Å². The molecule has 0 saturated carbocycles. The smallest absolute Gasteiger partial charge is 0.123 e. The Morgan fingerprint density at radius 3 is 2.38 bits per heavy atom. The molecule has 0 fully saturated rings. The molecule has 1 atom stereocenters. The predicted octanol–water partition coefficient (Wildman–Crippen LogP) is 5.68. The Labute approximate surface area is 128 Å². The van der Waals surface area contributed by atoms with Crippen molar-refractivity contribution in [2.24, 2.45) is 5.41 Å². The van der Waals surface area contributed by atoms with E-state index in [1.807, 2.05) is 0 Å². The van der Waals surface area contributed by atoms with Crippen LogP contribution in [0.3, 0.4) is 0 Å². The van der Waals surface area contributed by atoms with Gasteiger partial charge in [0.2, 0.25) is 0 Å². The van der Waals surface area contributed by atoms with Gasteiger partial charge in [0.1, 0.15) is 6.10 Å². The Morgan fingerprint density at radius 1 is 1.00 bits per heavy atom. The zero-order valence-corrected chi connectivity index (χ0v) is 13.6. The zero-order chi connectivity index (χ0) is 15.3. The van der Waals surface area contributed by atoms with Crippen LogP contribution in [0.4, 0.5) is 0 Å². The molecule has 2 aromatic carbocycles. The van der Waals surface area contributed by atoms with E-state index in [0.717, 1.165) is 12.8 Å².